The van der Waals surface area contributed by atoms with E-state index in [9.17, 15) is 19.4 Å². The number of rotatable bonds is 5. The number of benzene rings is 1. The molecule has 1 amide bonds. The van der Waals surface area contributed by atoms with Crippen molar-refractivity contribution in [2.45, 2.75) is 45.0 Å². The first-order valence-electron chi connectivity index (χ1n) is 7.12. The van der Waals surface area contributed by atoms with Crippen molar-refractivity contribution in [1.82, 2.24) is 5.32 Å². The lowest BCUT2D eigenvalue weighted by Gasteiger charge is -2.22. The molecule has 126 valence electrons. The highest BCUT2D eigenvalue weighted by atomic mass is 19.1. The summed E-state index contributed by atoms with van der Waals surface area (Å²) in [4.78, 5) is 11.5. The highest BCUT2D eigenvalue weighted by Crippen LogP contribution is 2.20. The van der Waals surface area contributed by atoms with E-state index in [1.54, 1.807) is 20.8 Å². The summed E-state index contributed by atoms with van der Waals surface area (Å²) in [5, 5.41) is 30.8. The molecule has 1 aromatic rings. The van der Waals surface area contributed by atoms with Gasteiger partial charge in [-0.3, -0.25) is 0 Å². The Hall–Kier alpha value is -2.17. The van der Waals surface area contributed by atoms with Crippen molar-refractivity contribution in [1.29, 1.82) is 5.26 Å². The van der Waals surface area contributed by atoms with Crippen molar-refractivity contribution < 1.29 is 24.1 Å². The van der Waals surface area contributed by atoms with Gasteiger partial charge in [0, 0.05) is 12.1 Å². The van der Waals surface area contributed by atoms with E-state index in [-0.39, 0.29) is 24.1 Å². The molecule has 1 rings (SSSR count). The minimum atomic E-state index is -1.38. The lowest BCUT2D eigenvalue weighted by atomic mass is 10.0. The Labute approximate surface area is 134 Å². The van der Waals surface area contributed by atoms with Gasteiger partial charge < -0.3 is 20.3 Å². The lowest BCUT2D eigenvalue weighted by Crippen LogP contribution is -2.38. The first kappa shape index (κ1) is 18.9. The summed E-state index contributed by atoms with van der Waals surface area (Å²) in [6.07, 6.45) is -3.51. The first-order chi connectivity index (χ1) is 10.6. The summed E-state index contributed by atoms with van der Waals surface area (Å²) in [5.74, 6) is -0.629. The molecule has 0 radical (unpaired) electrons. The second kappa shape index (κ2) is 7.90. The normalized spacial score (nSPS) is 13.8. The SMILES string of the molecule is CC(C)(C)OC(=O)NCC(O)C(O)c1ccc(CC#N)c(F)c1. The van der Waals surface area contributed by atoms with Crippen molar-refractivity contribution in [3.05, 3.63) is 35.1 Å². The lowest BCUT2D eigenvalue weighted by molar-refractivity contribution is 0.0128. The standard InChI is InChI=1S/C16H21FN2O4/c1-16(2,3)23-15(22)19-9-13(20)14(21)11-5-4-10(6-7-18)12(17)8-11/h4-5,8,13-14,20-21H,6,9H2,1-3H3,(H,19,22). The number of aliphatic hydroxyl groups is 2. The zero-order valence-corrected chi connectivity index (χ0v) is 13.3. The maximum atomic E-state index is 13.7. The highest BCUT2D eigenvalue weighted by molar-refractivity contribution is 5.67. The molecule has 7 heteroatoms. The predicted molar refractivity (Wildman–Crippen MR) is 80.9 cm³/mol. The minimum Gasteiger partial charge on any atom is -0.444 e. The van der Waals surface area contributed by atoms with Crippen molar-refractivity contribution in [3.63, 3.8) is 0 Å². The van der Waals surface area contributed by atoms with E-state index in [0.29, 0.717) is 0 Å². The fraction of sp³-hybridized carbons (Fsp3) is 0.500. The average Bonchev–Trinajstić information content (AvgIpc) is 2.44. The smallest absolute Gasteiger partial charge is 0.407 e. The molecule has 0 aliphatic heterocycles. The number of carbonyl (C=O) groups is 1. The van der Waals surface area contributed by atoms with Gasteiger partial charge in [0.25, 0.3) is 0 Å². The molecule has 0 aliphatic rings. The van der Waals surface area contributed by atoms with Gasteiger partial charge in [-0.05, 0) is 32.4 Å². The largest absolute Gasteiger partial charge is 0.444 e. The van der Waals surface area contributed by atoms with Crippen LogP contribution in [0.4, 0.5) is 9.18 Å². The van der Waals surface area contributed by atoms with Gasteiger partial charge in [0.15, 0.2) is 0 Å². The molecule has 0 aromatic heterocycles. The van der Waals surface area contributed by atoms with Crippen LogP contribution in [0.25, 0.3) is 0 Å². The molecule has 23 heavy (non-hydrogen) atoms. The minimum absolute atomic E-state index is 0.0784. The van der Waals surface area contributed by atoms with Crippen LogP contribution in [0.15, 0.2) is 18.2 Å². The number of nitriles is 1. The summed E-state index contributed by atoms with van der Waals surface area (Å²) < 4.78 is 18.7. The van der Waals surface area contributed by atoms with Crippen LogP contribution in [0.3, 0.4) is 0 Å². The van der Waals surface area contributed by atoms with Gasteiger partial charge >= 0.3 is 6.09 Å². The maximum Gasteiger partial charge on any atom is 0.407 e. The average molecular weight is 324 g/mol. The van der Waals surface area contributed by atoms with Gasteiger partial charge in [-0.1, -0.05) is 12.1 Å². The second-order valence-electron chi connectivity index (χ2n) is 6.08. The Morgan fingerprint density at radius 1 is 1.43 bits per heavy atom. The number of aliphatic hydroxyl groups excluding tert-OH is 2. The summed E-state index contributed by atoms with van der Waals surface area (Å²) in [7, 11) is 0. The maximum absolute atomic E-state index is 13.7. The Morgan fingerprint density at radius 3 is 2.61 bits per heavy atom. The molecule has 3 N–H and O–H groups in total. The van der Waals surface area contributed by atoms with E-state index in [2.05, 4.69) is 5.32 Å². The van der Waals surface area contributed by atoms with E-state index in [1.165, 1.54) is 12.1 Å². The predicted octanol–water partition coefficient (Wildman–Crippen LogP) is 1.81. The van der Waals surface area contributed by atoms with Gasteiger partial charge in [0.1, 0.15) is 23.6 Å². The van der Waals surface area contributed by atoms with Gasteiger partial charge in [-0.25, -0.2) is 9.18 Å². The number of nitrogens with one attached hydrogen (secondary N) is 1. The Bertz CT molecular complexity index is 593. The van der Waals surface area contributed by atoms with Crippen LogP contribution in [0, 0.1) is 17.1 Å². The molecule has 0 aliphatic carbocycles. The van der Waals surface area contributed by atoms with Gasteiger partial charge in [0.2, 0.25) is 0 Å². The summed E-state index contributed by atoms with van der Waals surface area (Å²) in [6, 6.07) is 5.71. The molecule has 2 unspecified atom stereocenters. The molecular formula is C16H21FN2O4. The van der Waals surface area contributed by atoms with Crippen molar-refractivity contribution >= 4 is 6.09 Å². The zero-order chi connectivity index (χ0) is 17.6. The van der Waals surface area contributed by atoms with Crippen LogP contribution in [-0.4, -0.2) is 34.6 Å². The Kier molecular flexibility index (Phi) is 6.49. The van der Waals surface area contributed by atoms with Crippen molar-refractivity contribution in [2.75, 3.05) is 6.54 Å². The first-order valence-corrected chi connectivity index (χ1v) is 7.12. The third kappa shape index (κ3) is 6.22. The fourth-order valence-electron chi connectivity index (χ4n) is 1.81. The van der Waals surface area contributed by atoms with Crippen molar-refractivity contribution in [3.8, 4) is 6.07 Å². The number of carbonyl (C=O) groups excluding carboxylic acids is 1. The number of hydrogen-bond acceptors (Lipinski definition) is 5. The third-order valence-corrected chi connectivity index (χ3v) is 2.91. The molecule has 6 nitrogen and oxygen atoms in total. The number of amides is 1. The van der Waals surface area contributed by atoms with Crippen LogP contribution in [-0.2, 0) is 11.2 Å². The van der Waals surface area contributed by atoms with Crippen LogP contribution >= 0.6 is 0 Å². The number of ether oxygens (including phenoxy) is 1. The molecule has 0 saturated carbocycles. The number of alkyl carbamates (subject to hydrolysis) is 1. The van der Waals surface area contributed by atoms with Crippen LogP contribution in [0.2, 0.25) is 0 Å². The molecule has 0 saturated heterocycles. The van der Waals surface area contributed by atoms with E-state index in [1.807, 2.05) is 6.07 Å². The number of hydrogen-bond donors (Lipinski definition) is 3. The molecule has 0 heterocycles. The number of halogens is 1. The topological polar surface area (TPSA) is 103 Å². The number of nitrogens with zero attached hydrogens (tertiary/aromatic N) is 1. The van der Waals surface area contributed by atoms with Gasteiger partial charge in [-0.2, -0.15) is 5.26 Å². The van der Waals surface area contributed by atoms with E-state index < -0.39 is 29.7 Å². The molecular weight excluding hydrogens is 303 g/mol. The van der Waals surface area contributed by atoms with E-state index in [4.69, 9.17) is 10.00 Å². The van der Waals surface area contributed by atoms with E-state index >= 15 is 0 Å². The summed E-state index contributed by atoms with van der Waals surface area (Å²) in [5.41, 5.74) is -0.305. The van der Waals surface area contributed by atoms with Gasteiger partial charge in [0.05, 0.1) is 12.5 Å². The van der Waals surface area contributed by atoms with E-state index in [0.717, 1.165) is 6.07 Å². The Balaban J connectivity index is 2.63. The molecule has 0 bridgehead atoms. The van der Waals surface area contributed by atoms with Crippen LogP contribution in [0.5, 0.6) is 0 Å². The van der Waals surface area contributed by atoms with Gasteiger partial charge in [-0.15, -0.1) is 0 Å². The van der Waals surface area contributed by atoms with Crippen molar-refractivity contribution in [2.24, 2.45) is 0 Å². The summed E-state index contributed by atoms with van der Waals surface area (Å²) in [6.45, 7) is 4.84. The van der Waals surface area contributed by atoms with Crippen LogP contribution in [0.1, 0.15) is 38.0 Å². The monoisotopic (exact) mass is 324 g/mol. The fourth-order valence-corrected chi connectivity index (χ4v) is 1.81. The molecule has 0 spiro atoms. The second-order valence-corrected chi connectivity index (χ2v) is 6.08. The summed E-state index contributed by atoms with van der Waals surface area (Å²) >= 11 is 0. The van der Waals surface area contributed by atoms with Crippen LogP contribution < -0.4 is 5.32 Å². The molecule has 1 aromatic carbocycles. The Morgan fingerprint density at radius 2 is 2.09 bits per heavy atom. The zero-order valence-electron chi connectivity index (χ0n) is 13.3. The molecule has 2 atom stereocenters. The quantitative estimate of drug-likeness (QED) is 0.766. The third-order valence-electron chi connectivity index (χ3n) is 2.91. The highest BCUT2D eigenvalue weighted by Gasteiger charge is 2.22. The molecule has 0 fully saturated rings.